The molecular weight excluding hydrogens is 332 g/mol. The fourth-order valence-electron chi connectivity index (χ4n) is 2.50. The molecule has 1 aliphatic rings. The first-order chi connectivity index (χ1) is 11.7. The number of carbonyl (C=O) groups is 4. The highest BCUT2D eigenvalue weighted by atomic mass is 16.5. The number of primary amides is 1. The summed E-state index contributed by atoms with van der Waals surface area (Å²) >= 11 is 0. The second kappa shape index (κ2) is 6.67. The lowest BCUT2D eigenvalue weighted by molar-refractivity contribution is -0.134. The first-order valence-corrected chi connectivity index (χ1v) is 7.18. The van der Waals surface area contributed by atoms with Crippen LogP contribution in [-0.4, -0.2) is 49.5 Å². The zero-order valence-electron chi connectivity index (χ0n) is 13.9. The summed E-state index contributed by atoms with van der Waals surface area (Å²) < 4.78 is 10.3. The van der Waals surface area contributed by atoms with Crippen LogP contribution < -0.4 is 25.8 Å². The van der Waals surface area contributed by atoms with E-state index < -0.39 is 36.0 Å². The molecule has 0 spiro atoms. The minimum atomic E-state index is -1.40. The molecule has 10 heteroatoms. The van der Waals surface area contributed by atoms with Crippen LogP contribution in [0.2, 0.25) is 0 Å². The number of carbonyl (C=O) groups excluding carboxylic acids is 4. The SMILES string of the molecule is COc1ccc(C2(C)NC(=O)N(CC(=O)NC(N)=O)C2=O)cc1OC. The van der Waals surface area contributed by atoms with Crippen molar-refractivity contribution in [1.82, 2.24) is 15.5 Å². The van der Waals surface area contributed by atoms with Gasteiger partial charge in [-0.2, -0.15) is 0 Å². The lowest BCUT2D eigenvalue weighted by atomic mass is 9.91. The minimum absolute atomic E-state index is 0.383. The summed E-state index contributed by atoms with van der Waals surface area (Å²) in [6, 6.07) is 2.93. The van der Waals surface area contributed by atoms with Crippen molar-refractivity contribution in [3.8, 4) is 11.5 Å². The highest BCUT2D eigenvalue weighted by molar-refractivity contribution is 6.10. The van der Waals surface area contributed by atoms with Crippen molar-refractivity contribution in [1.29, 1.82) is 0 Å². The maximum atomic E-state index is 12.7. The lowest BCUT2D eigenvalue weighted by Crippen LogP contribution is -2.45. The van der Waals surface area contributed by atoms with Crippen molar-refractivity contribution >= 4 is 23.9 Å². The highest BCUT2D eigenvalue weighted by Crippen LogP contribution is 2.35. The van der Waals surface area contributed by atoms with Gasteiger partial charge in [0.1, 0.15) is 12.1 Å². The van der Waals surface area contributed by atoms with Gasteiger partial charge in [0.2, 0.25) is 5.91 Å². The van der Waals surface area contributed by atoms with Crippen LogP contribution in [0.5, 0.6) is 11.5 Å². The molecule has 6 amide bonds. The van der Waals surface area contributed by atoms with Gasteiger partial charge in [-0.1, -0.05) is 6.07 Å². The molecule has 4 N–H and O–H groups in total. The molecule has 0 aliphatic carbocycles. The molecule has 1 saturated heterocycles. The maximum absolute atomic E-state index is 12.7. The summed E-state index contributed by atoms with van der Waals surface area (Å²) in [5, 5.41) is 4.34. The van der Waals surface area contributed by atoms with Crippen LogP contribution in [-0.2, 0) is 15.1 Å². The van der Waals surface area contributed by atoms with Crippen molar-refractivity contribution < 1.29 is 28.7 Å². The molecule has 25 heavy (non-hydrogen) atoms. The first-order valence-electron chi connectivity index (χ1n) is 7.18. The number of amides is 6. The van der Waals surface area contributed by atoms with Crippen molar-refractivity contribution in [3.05, 3.63) is 23.8 Å². The molecule has 0 saturated carbocycles. The number of nitrogens with one attached hydrogen (secondary N) is 2. The summed E-state index contributed by atoms with van der Waals surface area (Å²) in [4.78, 5) is 47.8. The summed E-state index contributed by atoms with van der Waals surface area (Å²) in [7, 11) is 2.92. The Bertz CT molecular complexity index is 750. The number of ether oxygens (including phenoxy) is 2. The zero-order valence-corrected chi connectivity index (χ0v) is 13.9. The number of urea groups is 2. The van der Waals surface area contributed by atoms with Gasteiger partial charge >= 0.3 is 12.1 Å². The van der Waals surface area contributed by atoms with Crippen molar-refractivity contribution in [3.63, 3.8) is 0 Å². The third-order valence-corrected chi connectivity index (χ3v) is 3.80. The molecule has 10 nitrogen and oxygen atoms in total. The fourth-order valence-corrected chi connectivity index (χ4v) is 2.50. The quantitative estimate of drug-likeness (QED) is 0.621. The lowest BCUT2D eigenvalue weighted by Gasteiger charge is -2.23. The van der Waals surface area contributed by atoms with Crippen molar-refractivity contribution in [2.45, 2.75) is 12.5 Å². The molecule has 1 aliphatic heterocycles. The van der Waals surface area contributed by atoms with E-state index in [2.05, 4.69) is 5.32 Å². The van der Waals surface area contributed by atoms with Crippen molar-refractivity contribution in [2.75, 3.05) is 20.8 Å². The largest absolute Gasteiger partial charge is 0.493 e. The Hall–Kier alpha value is -3.30. The van der Waals surface area contributed by atoms with E-state index in [-0.39, 0.29) is 0 Å². The highest BCUT2D eigenvalue weighted by Gasteiger charge is 2.49. The second-order valence-corrected chi connectivity index (χ2v) is 5.43. The molecule has 1 aromatic rings. The third-order valence-electron chi connectivity index (χ3n) is 3.80. The van der Waals surface area contributed by atoms with Crippen LogP contribution in [0.15, 0.2) is 18.2 Å². The summed E-state index contributed by atoms with van der Waals surface area (Å²) in [5.74, 6) is -0.672. The van der Waals surface area contributed by atoms with E-state index in [0.717, 1.165) is 0 Å². The average Bonchev–Trinajstić information content (AvgIpc) is 2.77. The predicted molar refractivity (Wildman–Crippen MR) is 84.9 cm³/mol. The van der Waals surface area contributed by atoms with Gasteiger partial charge in [-0.05, 0) is 24.6 Å². The number of hydrogen-bond donors (Lipinski definition) is 3. The Morgan fingerprint density at radius 2 is 1.88 bits per heavy atom. The summed E-state index contributed by atoms with van der Waals surface area (Å²) in [5.41, 5.74) is 3.89. The zero-order chi connectivity index (χ0) is 18.8. The van der Waals surface area contributed by atoms with Gasteiger partial charge in [0, 0.05) is 0 Å². The molecule has 0 aromatic heterocycles. The van der Waals surface area contributed by atoms with E-state index in [4.69, 9.17) is 15.2 Å². The monoisotopic (exact) mass is 350 g/mol. The molecule has 1 unspecified atom stereocenters. The Balaban J connectivity index is 2.30. The molecule has 0 radical (unpaired) electrons. The van der Waals surface area contributed by atoms with Gasteiger partial charge in [-0.15, -0.1) is 0 Å². The maximum Gasteiger partial charge on any atom is 0.325 e. The molecule has 0 bridgehead atoms. The number of nitrogens with zero attached hydrogens (tertiary/aromatic N) is 1. The van der Waals surface area contributed by atoms with Gasteiger partial charge in [0.15, 0.2) is 11.5 Å². The van der Waals surface area contributed by atoms with E-state index in [1.54, 1.807) is 23.5 Å². The number of rotatable bonds is 5. The van der Waals surface area contributed by atoms with Crippen LogP contribution in [0.1, 0.15) is 12.5 Å². The molecule has 1 heterocycles. The third kappa shape index (κ3) is 3.32. The van der Waals surface area contributed by atoms with E-state index in [0.29, 0.717) is 22.0 Å². The summed E-state index contributed by atoms with van der Waals surface area (Å²) in [6.07, 6.45) is 0. The Morgan fingerprint density at radius 1 is 1.24 bits per heavy atom. The number of imide groups is 2. The standard InChI is InChI=1S/C15H18N4O6/c1-15(8-4-5-9(24-2)10(6-8)25-3)12(21)19(14(23)18-15)7-11(20)17-13(16)22/h4-6H,7H2,1-3H3,(H,18,23)(H3,16,17,20,22). The van der Waals surface area contributed by atoms with Crippen LogP contribution in [0, 0.1) is 0 Å². The normalized spacial score (nSPS) is 19.4. The molecule has 1 aromatic carbocycles. The van der Waals surface area contributed by atoms with Crippen LogP contribution in [0.3, 0.4) is 0 Å². The van der Waals surface area contributed by atoms with E-state index in [1.165, 1.54) is 21.1 Å². The number of methoxy groups -OCH3 is 2. The van der Waals surface area contributed by atoms with Gasteiger partial charge in [0.05, 0.1) is 14.2 Å². The van der Waals surface area contributed by atoms with Gasteiger partial charge < -0.3 is 20.5 Å². The predicted octanol–water partition coefficient (Wildman–Crippen LogP) is -0.334. The number of benzene rings is 1. The average molecular weight is 350 g/mol. The number of nitrogens with two attached hydrogens (primary N) is 1. The fraction of sp³-hybridized carbons (Fsp3) is 0.333. The smallest absolute Gasteiger partial charge is 0.325 e. The van der Waals surface area contributed by atoms with Gasteiger partial charge in [-0.25, -0.2) is 9.59 Å². The molecule has 2 rings (SSSR count). The summed E-state index contributed by atoms with van der Waals surface area (Å²) in [6.45, 7) is 0.872. The Morgan fingerprint density at radius 3 is 2.44 bits per heavy atom. The van der Waals surface area contributed by atoms with Crippen LogP contribution >= 0.6 is 0 Å². The van der Waals surface area contributed by atoms with Gasteiger partial charge in [-0.3, -0.25) is 19.8 Å². The molecule has 1 fully saturated rings. The Labute approximate surface area is 143 Å². The topological polar surface area (TPSA) is 140 Å². The van der Waals surface area contributed by atoms with Gasteiger partial charge in [0.25, 0.3) is 5.91 Å². The van der Waals surface area contributed by atoms with Crippen LogP contribution in [0.25, 0.3) is 0 Å². The minimum Gasteiger partial charge on any atom is -0.493 e. The molecule has 134 valence electrons. The van der Waals surface area contributed by atoms with Crippen LogP contribution in [0.4, 0.5) is 9.59 Å². The van der Waals surface area contributed by atoms with E-state index >= 15 is 0 Å². The molecular formula is C15H18N4O6. The second-order valence-electron chi connectivity index (χ2n) is 5.43. The number of hydrogen-bond acceptors (Lipinski definition) is 6. The van der Waals surface area contributed by atoms with Crippen molar-refractivity contribution in [2.24, 2.45) is 5.73 Å². The molecule has 1 atom stereocenters. The first kappa shape index (κ1) is 18.0. The van der Waals surface area contributed by atoms with E-state index in [9.17, 15) is 19.2 Å². The Kier molecular flexibility index (Phi) is 4.82. The van der Waals surface area contributed by atoms with E-state index in [1.807, 2.05) is 0 Å².